The summed E-state index contributed by atoms with van der Waals surface area (Å²) in [6, 6.07) is 7.90. The van der Waals surface area contributed by atoms with E-state index in [4.69, 9.17) is 16.3 Å². The van der Waals surface area contributed by atoms with Crippen LogP contribution in [0.3, 0.4) is 0 Å². The molecule has 1 aliphatic rings. The molecule has 2 atom stereocenters. The summed E-state index contributed by atoms with van der Waals surface area (Å²) in [7, 11) is 0. The molecule has 1 nitrogen and oxygen atoms in total. The van der Waals surface area contributed by atoms with Crippen molar-refractivity contribution in [3.8, 4) is 0 Å². The normalized spacial score (nSPS) is 19.4. The minimum Gasteiger partial charge on any atom is -0.369 e. The highest BCUT2D eigenvalue weighted by atomic mass is 79.9. The Morgan fingerprint density at radius 1 is 1.44 bits per heavy atom. The molecule has 16 heavy (non-hydrogen) atoms. The van der Waals surface area contributed by atoms with E-state index in [2.05, 4.69) is 22.9 Å². The van der Waals surface area contributed by atoms with Crippen molar-refractivity contribution in [2.75, 3.05) is 5.33 Å². The van der Waals surface area contributed by atoms with Crippen LogP contribution in [0.1, 0.15) is 31.4 Å². The molecule has 1 fully saturated rings. The van der Waals surface area contributed by atoms with E-state index in [1.165, 1.54) is 12.8 Å². The van der Waals surface area contributed by atoms with Gasteiger partial charge in [-0.25, -0.2) is 0 Å². The lowest BCUT2D eigenvalue weighted by Crippen LogP contribution is -2.16. The quantitative estimate of drug-likeness (QED) is 0.723. The first-order valence-corrected chi connectivity index (χ1v) is 7.18. The van der Waals surface area contributed by atoms with Crippen molar-refractivity contribution in [1.82, 2.24) is 0 Å². The molecule has 0 bridgehead atoms. The first-order chi connectivity index (χ1) is 7.72. The molecule has 1 aliphatic carbocycles. The van der Waals surface area contributed by atoms with Gasteiger partial charge >= 0.3 is 0 Å². The van der Waals surface area contributed by atoms with Gasteiger partial charge in [0, 0.05) is 15.9 Å². The molecule has 0 spiro atoms. The van der Waals surface area contributed by atoms with E-state index in [1.54, 1.807) is 0 Å². The number of alkyl halides is 1. The molecule has 0 aromatic heterocycles. The Hall–Kier alpha value is -0.0500. The number of hydrogen-bond acceptors (Lipinski definition) is 1. The van der Waals surface area contributed by atoms with Crippen molar-refractivity contribution < 1.29 is 4.74 Å². The summed E-state index contributed by atoms with van der Waals surface area (Å²) < 4.78 is 6.06. The van der Waals surface area contributed by atoms with E-state index in [9.17, 15) is 0 Å². The van der Waals surface area contributed by atoms with Gasteiger partial charge in [-0.15, -0.1) is 0 Å². The van der Waals surface area contributed by atoms with E-state index in [1.807, 2.05) is 24.3 Å². The second-order valence-corrected chi connectivity index (χ2v) is 5.40. The van der Waals surface area contributed by atoms with Gasteiger partial charge in [0.05, 0.1) is 12.2 Å². The van der Waals surface area contributed by atoms with Gasteiger partial charge in [0.25, 0.3) is 0 Å². The Morgan fingerprint density at radius 3 is 2.69 bits per heavy atom. The summed E-state index contributed by atoms with van der Waals surface area (Å²) in [5.41, 5.74) is 1.08. The van der Waals surface area contributed by atoms with Crippen LogP contribution in [0.2, 0.25) is 5.02 Å². The first-order valence-electron chi connectivity index (χ1n) is 5.68. The summed E-state index contributed by atoms with van der Waals surface area (Å²) in [4.78, 5) is 0. The van der Waals surface area contributed by atoms with Gasteiger partial charge in [0.2, 0.25) is 0 Å². The SMILES string of the molecule is CC(OC(CBr)c1ccccc1Cl)C1CC1. The van der Waals surface area contributed by atoms with Crippen LogP contribution in [0.25, 0.3) is 0 Å². The van der Waals surface area contributed by atoms with Crippen LogP contribution >= 0.6 is 27.5 Å². The predicted molar refractivity (Wildman–Crippen MR) is 71.3 cm³/mol. The molecule has 0 aliphatic heterocycles. The standard InChI is InChI=1S/C13H16BrClO/c1-9(10-6-7-10)16-13(8-14)11-4-2-3-5-12(11)15/h2-5,9-10,13H,6-8H2,1H3. The van der Waals surface area contributed by atoms with Crippen LogP contribution in [-0.4, -0.2) is 11.4 Å². The summed E-state index contributed by atoms with van der Waals surface area (Å²) in [6.45, 7) is 2.16. The van der Waals surface area contributed by atoms with Gasteiger partial charge in [-0.2, -0.15) is 0 Å². The maximum absolute atomic E-state index is 6.18. The molecule has 2 unspecified atom stereocenters. The molecule has 1 aromatic carbocycles. The van der Waals surface area contributed by atoms with Crippen molar-refractivity contribution >= 4 is 27.5 Å². The zero-order valence-electron chi connectivity index (χ0n) is 9.33. The van der Waals surface area contributed by atoms with Crippen molar-refractivity contribution in [3.05, 3.63) is 34.9 Å². The maximum Gasteiger partial charge on any atom is 0.0939 e. The van der Waals surface area contributed by atoms with Gasteiger partial charge in [0.1, 0.15) is 0 Å². The lowest BCUT2D eigenvalue weighted by molar-refractivity contribution is -0.00146. The molecule has 88 valence electrons. The summed E-state index contributed by atoms with van der Waals surface area (Å²) in [5, 5.41) is 1.57. The molecular formula is C13H16BrClO. The summed E-state index contributed by atoms with van der Waals surface area (Å²) in [5.74, 6) is 0.754. The maximum atomic E-state index is 6.18. The highest BCUT2D eigenvalue weighted by molar-refractivity contribution is 9.09. The number of ether oxygens (including phenoxy) is 1. The summed E-state index contributed by atoms with van der Waals surface area (Å²) in [6.07, 6.45) is 3.00. The van der Waals surface area contributed by atoms with E-state index in [0.29, 0.717) is 6.10 Å². The molecule has 3 heteroatoms. The van der Waals surface area contributed by atoms with Gasteiger partial charge in [-0.3, -0.25) is 0 Å². The highest BCUT2D eigenvalue weighted by Crippen LogP contribution is 2.37. The molecule has 0 N–H and O–H groups in total. The number of rotatable bonds is 5. The monoisotopic (exact) mass is 302 g/mol. The third-order valence-electron chi connectivity index (χ3n) is 3.06. The molecule has 1 aromatic rings. The van der Waals surface area contributed by atoms with Gasteiger partial charge < -0.3 is 4.74 Å². The lowest BCUT2D eigenvalue weighted by Gasteiger charge is -2.21. The fourth-order valence-electron chi connectivity index (χ4n) is 1.86. The molecular weight excluding hydrogens is 287 g/mol. The first kappa shape index (κ1) is 12.4. The smallest absolute Gasteiger partial charge is 0.0939 e. The van der Waals surface area contributed by atoms with E-state index < -0.39 is 0 Å². The number of halogens is 2. The zero-order valence-corrected chi connectivity index (χ0v) is 11.7. The minimum atomic E-state index is 0.0595. The average Bonchev–Trinajstić information content (AvgIpc) is 3.10. The topological polar surface area (TPSA) is 9.23 Å². The van der Waals surface area contributed by atoms with Crippen molar-refractivity contribution in [1.29, 1.82) is 0 Å². The van der Waals surface area contributed by atoms with Gasteiger partial charge in [-0.1, -0.05) is 45.7 Å². The lowest BCUT2D eigenvalue weighted by atomic mass is 10.1. The molecule has 1 saturated carbocycles. The molecule has 0 saturated heterocycles. The van der Waals surface area contributed by atoms with Crippen LogP contribution < -0.4 is 0 Å². The molecule has 2 rings (SSSR count). The minimum absolute atomic E-state index is 0.0595. The third-order valence-corrected chi connectivity index (χ3v) is 3.99. The van der Waals surface area contributed by atoms with Gasteiger partial charge in [0.15, 0.2) is 0 Å². The van der Waals surface area contributed by atoms with E-state index >= 15 is 0 Å². The van der Waals surface area contributed by atoms with Gasteiger partial charge in [-0.05, 0) is 31.7 Å². The molecule has 0 amide bonds. The van der Waals surface area contributed by atoms with Crippen LogP contribution in [0.5, 0.6) is 0 Å². The van der Waals surface area contributed by atoms with E-state index in [0.717, 1.165) is 21.8 Å². The Kier molecular flexibility index (Phi) is 4.28. The largest absolute Gasteiger partial charge is 0.369 e. The highest BCUT2D eigenvalue weighted by Gasteiger charge is 2.30. The van der Waals surface area contributed by atoms with Crippen LogP contribution in [0.4, 0.5) is 0 Å². The second kappa shape index (κ2) is 5.52. The zero-order chi connectivity index (χ0) is 11.5. The summed E-state index contributed by atoms with van der Waals surface area (Å²) >= 11 is 9.68. The Labute approximate surface area is 110 Å². The van der Waals surface area contributed by atoms with Crippen LogP contribution in [-0.2, 0) is 4.74 Å². The van der Waals surface area contributed by atoms with E-state index in [-0.39, 0.29) is 6.10 Å². The fourth-order valence-corrected chi connectivity index (χ4v) is 2.62. The Morgan fingerprint density at radius 2 is 2.12 bits per heavy atom. The van der Waals surface area contributed by atoms with Crippen LogP contribution in [0.15, 0.2) is 24.3 Å². The van der Waals surface area contributed by atoms with Crippen LogP contribution in [0, 0.1) is 5.92 Å². The Balaban J connectivity index is 2.06. The average molecular weight is 304 g/mol. The fraction of sp³-hybridized carbons (Fsp3) is 0.538. The predicted octanol–water partition coefficient (Wildman–Crippen LogP) is 4.59. The third kappa shape index (κ3) is 2.99. The molecule has 0 heterocycles. The number of benzene rings is 1. The molecule has 0 radical (unpaired) electrons. The van der Waals surface area contributed by atoms with Crippen molar-refractivity contribution in [2.45, 2.75) is 32.0 Å². The number of hydrogen-bond donors (Lipinski definition) is 0. The second-order valence-electron chi connectivity index (χ2n) is 4.34. The van der Waals surface area contributed by atoms with Crippen molar-refractivity contribution in [3.63, 3.8) is 0 Å². The Bertz CT molecular complexity index is 352. The van der Waals surface area contributed by atoms with Crippen molar-refractivity contribution in [2.24, 2.45) is 5.92 Å².